The van der Waals surface area contributed by atoms with Crippen molar-refractivity contribution in [1.82, 2.24) is 4.98 Å². The van der Waals surface area contributed by atoms with E-state index in [4.69, 9.17) is 0 Å². The molecule has 3 rings (SSSR count). The number of ketones is 1. The van der Waals surface area contributed by atoms with Crippen molar-refractivity contribution in [2.24, 2.45) is 0 Å². The monoisotopic (exact) mass is 373 g/mol. The molecule has 0 aliphatic carbocycles. The number of aryl methyl sites for hydroxylation is 3. The maximum atomic E-state index is 12.5. The number of nitrogens with zero attached hydrogens (tertiary/aromatic N) is 1. The zero-order chi connectivity index (χ0) is 20.3. The van der Waals surface area contributed by atoms with Crippen LogP contribution in [0.1, 0.15) is 44.3 Å². The average molecular weight is 373 g/mol. The van der Waals surface area contributed by atoms with Crippen molar-refractivity contribution in [3.8, 4) is 0 Å². The summed E-state index contributed by atoms with van der Waals surface area (Å²) in [7, 11) is 0. The number of benzene rings is 2. The van der Waals surface area contributed by atoms with Crippen molar-refractivity contribution in [1.29, 1.82) is 0 Å². The first kappa shape index (κ1) is 19.3. The first-order valence-corrected chi connectivity index (χ1v) is 9.07. The highest BCUT2D eigenvalue weighted by Crippen LogP contribution is 2.25. The molecule has 0 atom stereocenters. The quantitative estimate of drug-likeness (QED) is 0.603. The summed E-state index contributed by atoms with van der Waals surface area (Å²) in [5, 5.41) is 6.12. The van der Waals surface area contributed by atoms with Gasteiger partial charge in [-0.15, -0.1) is 0 Å². The summed E-state index contributed by atoms with van der Waals surface area (Å²) < 4.78 is 0. The predicted molar refractivity (Wildman–Crippen MR) is 113 cm³/mol. The van der Waals surface area contributed by atoms with Crippen molar-refractivity contribution in [3.63, 3.8) is 0 Å². The van der Waals surface area contributed by atoms with Crippen LogP contribution in [0.4, 0.5) is 17.2 Å². The van der Waals surface area contributed by atoms with Crippen LogP contribution >= 0.6 is 0 Å². The molecule has 2 aromatic carbocycles. The van der Waals surface area contributed by atoms with Crippen LogP contribution in [-0.4, -0.2) is 16.7 Å². The Hall–Kier alpha value is -3.47. The molecule has 0 saturated heterocycles. The molecule has 5 heteroatoms. The van der Waals surface area contributed by atoms with Gasteiger partial charge in [0.1, 0.15) is 5.82 Å². The molecule has 28 heavy (non-hydrogen) atoms. The number of nitrogens with one attached hydrogen (secondary N) is 2. The van der Waals surface area contributed by atoms with Gasteiger partial charge in [-0.1, -0.05) is 29.8 Å². The Kier molecular flexibility index (Phi) is 5.54. The van der Waals surface area contributed by atoms with Crippen molar-refractivity contribution < 1.29 is 9.59 Å². The smallest absolute Gasteiger partial charge is 0.257 e. The van der Waals surface area contributed by atoms with E-state index in [1.807, 2.05) is 0 Å². The van der Waals surface area contributed by atoms with Crippen LogP contribution in [0.25, 0.3) is 0 Å². The number of anilines is 3. The molecule has 3 aromatic rings. The molecule has 0 saturated carbocycles. The minimum Gasteiger partial charge on any atom is -0.340 e. The fourth-order valence-corrected chi connectivity index (χ4v) is 3.13. The molecule has 0 bridgehead atoms. The number of hydrogen-bond donors (Lipinski definition) is 2. The maximum Gasteiger partial charge on any atom is 0.257 e. The molecule has 1 aromatic heterocycles. The van der Waals surface area contributed by atoms with E-state index in [1.54, 1.807) is 36.4 Å². The lowest BCUT2D eigenvalue weighted by molar-refractivity contribution is 0.101. The van der Waals surface area contributed by atoms with Crippen LogP contribution in [0.5, 0.6) is 0 Å². The van der Waals surface area contributed by atoms with Crippen molar-refractivity contribution >= 4 is 28.9 Å². The van der Waals surface area contributed by atoms with Crippen molar-refractivity contribution in [2.75, 3.05) is 10.6 Å². The van der Waals surface area contributed by atoms with Crippen LogP contribution in [-0.2, 0) is 0 Å². The van der Waals surface area contributed by atoms with Gasteiger partial charge in [0.15, 0.2) is 5.78 Å². The number of pyridine rings is 1. The van der Waals surface area contributed by atoms with Gasteiger partial charge >= 0.3 is 0 Å². The number of carbonyl (C=O) groups is 2. The second-order valence-electron chi connectivity index (χ2n) is 6.92. The summed E-state index contributed by atoms with van der Waals surface area (Å²) in [5.74, 6) is 0.350. The van der Waals surface area contributed by atoms with Gasteiger partial charge in [0.05, 0.1) is 5.56 Å². The minimum absolute atomic E-state index is 0.0464. The van der Waals surface area contributed by atoms with Gasteiger partial charge < -0.3 is 10.6 Å². The molecule has 0 fully saturated rings. The molecule has 0 spiro atoms. The van der Waals surface area contributed by atoms with Crippen LogP contribution in [0.3, 0.4) is 0 Å². The van der Waals surface area contributed by atoms with Crippen LogP contribution in [0.2, 0.25) is 0 Å². The third-order valence-electron chi connectivity index (χ3n) is 4.48. The van der Waals surface area contributed by atoms with E-state index >= 15 is 0 Å². The molecule has 5 nitrogen and oxygen atoms in total. The second-order valence-corrected chi connectivity index (χ2v) is 6.92. The summed E-state index contributed by atoms with van der Waals surface area (Å²) in [6.07, 6.45) is 1.53. The molecule has 1 amide bonds. The summed E-state index contributed by atoms with van der Waals surface area (Å²) in [6, 6.07) is 14.6. The topological polar surface area (TPSA) is 71.1 Å². The molecule has 0 radical (unpaired) electrons. The maximum absolute atomic E-state index is 12.5. The SMILES string of the molecule is CC(=O)c1cccc(NC(=O)c2ccc(Nc3c(C)cc(C)cc3C)nc2)c1. The average Bonchev–Trinajstić information content (AvgIpc) is 2.65. The highest BCUT2D eigenvalue weighted by Gasteiger charge is 2.10. The molecular formula is C23H23N3O2. The highest BCUT2D eigenvalue weighted by atomic mass is 16.1. The van der Waals surface area contributed by atoms with Gasteiger partial charge in [-0.2, -0.15) is 0 Å². The Labute approximate surface area is 164 Å². The zero-order valence-electron chi connectivity index (χ0n) is 16.5. The molecule has 142 valence electrons. The van der Waals surface area contributed by atoms with Crippen LogP contribution in [0.15, 0.2) is 54.7 Å². The zero-order valence-corrected chi connectivity index (χ0v) is 16.5. The lowest BCUT2D eigenvalue weighted by Gasteiger charge is -2.13. The van der Waals surface area contributed by atoms with Gasteiger partial charge in [0, 0.05) is 23.1 Å². The summed E-state index contributed by atoms with van der Waals surface area (Å²) in [5.41, 5.74) is 6.10. The van der Waals surface area contributed by atoms with Crippen molar-refractivity contribution in [2.45, 2.75) is 27.7 Å². The number of rotatable bonds is 5. The normalized spacial score (nSPS) is 10.4. The predicted octanol–water partition coefficient (Wildman–Crippen LogP) is 5.21. The Bertz CT molecular complexity index is 1020. The summed E-state index contributed by atoms with van der Waals surface area (Å²) >= 11 is 0. The molecule has 0 aliphatic rings. The third kappa shape index (κ3) is 4.43. The van der Waals surface area contributed by atoms with Crippen LogP contribution in [0, 0.1) is 20.8 Å². The minimum atomic E-state index is -0.276. The standard InChI is InChI=1S/C23H23N3O2/c1-14-10-15(2)22(16(3)11-14)26-21-9-8-19(13-24-21)23(28)25-20-7-5-6-18(12-20)17(4)27/h5-13H,1-4H3,(H,24,26)(H,25,28). The number of Topliss-reactive ketones (excluding diaryl/α,β-unsaturated/α-hetero) is 1. The Morgan fingerprint density at radius 1 is 0.893 bits per heavy atom. The fourth-order valence-electron chi connectivity index (χ4n) is 3.13. The second kappa shape index (κ2) is 8.05. The Balaban J connectivity index is 1.73. The van der Waals surface area contributed by atoms with Crippen molar-refractivity contribution in [3.05, 3.63) is 82.5 Å². The summed E-state index contributed by atoms with van der Waals surface area (Å²) in [6.45, 7) is 7.67. The van der Waals surface area contributed by atoms with Gasteiger partial charge in [-0.25, -0.2) is 4.98 Å². The Morgan fingerprint density at radius 2 is 1.61 bits per heavy atom. The fraction of sp³-hybridized carbons (Fsp3) is 0.174. The first-order chi connectivity index (χ1) is 13.3. The lowest BCUT2D eigenvalue weighted by atomic mass is 10.1. The van der Waals surface area contributed by atoms with E-state index < -0.39 is 0 Å². The van der Waals surface area contributed by atoms with Gasteiger partial charge in [0.2, 0.25) is 0 Å². The first-order valence-electron chi connectivity index (χ1n) is 9.07. The van der Waals surface area contributed by atoms with E-state index in [1.165, 1.54) is 18.7 Å². The van der Waals surface area contributed by atoms with E-state index in [9.17, 15) is 9.59 Å². The van der Waals surface area contributed by atoms with Crippen LogP contribution < -0.4 is 10.6 Å². The Morgan fingerprint density at radius 3 is 2.21 bits per heavy atom. The summed E-state index contributed by atoms with van der Waals surface area (Å²) in [4.78, 5) is 28.3. The molecule has 0 unspecified atom stereocenters. The lowest BCUT2D eigenvalue weighted by Crippen LogP contribution is -2.12. The molecule has 0 aliphatic heterocycles. The molecular weight excluding hydrogens is 350 g/mol. The number of aromatic nitrogens is 1. The van der Waals surface area contributed by atoms with E-state index in [-0.39, 0.29) is 11.7 Å². The van der Waals surface area contributed by atoms with Gasteiger partial charge in [0.25, 0.3) is 5.91 Å². The van der Waals surface area contributed by atoms with Gasteiger partial charge in [-0.3, -0.25) is 9.59 Å². The highest BCUT2D eigenvalue weighted by molar-refractivity contribution is 6.05. The van der Waals surface area contributed by atoms with Gasteiger partial charge in [-0.05, 0) is 63.1 Å². The number of hydrogen-bond acceptors (Lipinski definition) is 4. The number of carbonyl (C=O) groups excluding carboxylic acids is 2. The third-order valence-corrected chi connectivity index (χ3v) is 4.48. The van der Waals surface area contributed by atoms with E-state index in [2.05, 4.69) is 48.5 Å². The number of amides is 1. The molecule has 1 heterocycles. The van der Waals surface area contributed by atoms with E-state index in [0.29, 0.717) is 22.6 Å². The molecule has 2 N–H and O–H groups in total. The van der Waals surface area contributed by atoms with E-state index in [0.717, 1.165) is 16.8 Å². The largest absolute Gasteiger partial charge is 0.340 e.